The van der Waals surface area contributed by atoms with Gasteiger partial charge < -0.3 is 34.7 Å². The normalized spacial score (nSPS) is 14.9. The summed E-state index contributed by atoms with van der Waals surface area (Å²) >= 11 is 0. The number of guanidine groups is 1. The molecule has 0 heterocycles. The van der Waals surface area contributed by atoms with Gasteiger partial charge in [-0.15, -0.1) is 4.76 Å². The molecule has 0 aliphatic carbocycles. The highest BCUT2D eigenvalue weighted by molar-refractivity contribution is 7.52. The molecule has 0 spiro atoms. The lowest BCUT2D eigenvalue weighted by molar-refractivity contribution is -0.141. The first kappa shape index (κ1) is 38.1. The second kappa shape index (κ2) is 18.7. The van der Waals surface area contributed by atoms with Gasteiger partial charge in [-0.25, -0.2) is 28.0 Å². The average molecular weight is 666 g/mol. The molecule has 0 saturated carbocycles. The molecule has 0 aromatic heterocycles. The van der Waals surface area contributed by atoms with Crippen LogP contribution in [-0.4, -0.2) is 59.9 Å². The Balaban J connectivity index is 2.33. The fourth-order valence-electron chi connectivity index (χ4n) is 3.70. The summed E-state index contributed by atoms with van der Waals surface area (Å²) < 4.78 is 50.5. The molecule has 3 unspecified atom stereocenters. The Hall–Kier alpha value is -4.13. The van der Waals surface area contributed by atoms with E-state index in [1.807, 2.05) is 12.1 Å². The SMILES string of the molecule is CCCC(C(=O)O)N(C)C(N)=NP(=O)(OC(OC(=O)OCc1ccccc1)C(C)C)OC(OC(=O)OCc1ccccc1)C(C)C. The molecule has 254 valence electrons. The summed E-state index contributed by atoms with van der Waals surface area (Å²) in [6.45, 7) is 8.02. The summed E-state index contributed by atoms with van der Waals surface area (Å²) in [4.78, 5) is 38.1. The zero-order chi connectivity index (χ0) is 34.3. The van der Waals surface area contributed by atoms with Crippen molar-refractivity contribution in [2.24, 2.45) is 22.3 Å². The van der Waals surface area contributed by atoms with Gasteiger partial charge in [-0.2, -0.15) is 0 Å². The van der Waals surface area contributed by atoms with Crippen molar-refractivity contribution >= 4 is 32.0 Å². The van der Waals surface area contributed by atoms with Crippen LogP contribution >= 0.6 is 7.75 Å². The topological polar surface area (TPSA) is 186 Å². The summed E-state index contributed by atoms with van der Waals surface area (Å²) in [6.07, 6.45) is -4.64. The molecule has 14 nitrogen and oxygen atoms in total. The van der Waals surface area contributed by atoms with Crippen molar-refractivity contribution in [2.45, 2.75) is 79.3 Å². The predicted molar refractivity (Wildman–Crippen MR) is 168 cm³/mol. The van der Waals surface area contributed by atoms with Crippen molar-refractivity contribution in [1.29, 1.82) is 0 Å². The summed E-state index contributed by atoms with van der Waals surface area (Å²) in [5, 5.41) is 9.70. The Bertz CT molecular complexity index is 1250. The number of benzene rings is 2. The van der Waals surface area contributed by atoms with Gasteiger partial charge in [0.15, 0.2) is 0 Å². The quantitative estimate of drug-likeness (QED) is 0.0631. The highest BCUT2D eigenvalue weighted by Crippen LogP contribution is 2.54. The number of carboxylic acid groups (broad SMARTS) is 1. The summed E-state index contributed by atoms with van der Waals surface area (Å²) in [5.74, 6) is -2.92. The number of rotatable bonds is 17. The molecule has 0 bridgehead atoms. The zero-order valence-electron chi connectivity index (χ0n) is 26.9. The van der Waals surface area contributed by atoms with Crippen molar-refractivity contribution < 1.29 is 52.1 Å². The summed E-state index contributed by atoms with van der Waals surface area (Å²) in [7, 11) is -3.49. The molecule has 15 heteroatoms. The number of hydrogen-bond donors (Lipinski definition) is 2. The van der Waals surface area contributed by atoms with E-state index in [2.05, 4.69) is 4.76 Å². The van der Waals surface area contributed by atoms with Gasteiger partial charge in [0, 0.05) is 18.9 Å². The van der Waals surface area contributed by atoms with Crippen molar-refractivity contribution in [2.75, 3.05) is 7.05 Å². The van der Waals surface area contributed by atoms with Crippen molar-refractivity contribution in [3.63, 3.8) is 0 Å². The third-order valence-electron chi connectivity index (χ3n) is 6.29. The zero-order valence-corrected chi connectivity index (χ0v) is 27.8. The van der Waals surface area contributed by atoms with Crippen molar-refractivity contribution in [3.05, 3.63) is 71.8 Å². The fourth-order valence-corrected chi connectivity index (χ4v) is 5.33. The maximum Gasteiger partial charge on any atom is 0.510 e. The second-order valence-corrected chi connectivity index (χ2v) is 12.5. The number of carboxylic acids is 1. The van der Waals surface area contributed by atoms with Crippen LogP contribution in [0.5, 0.6) is 0 Å². The predicted octanol–water partition coefficient (Wildman–Crippen LogP) is 6.30. The number of hydrogen-bond acceptors (Lipinski definition) is 10. The number of nitrogens with zero attached hydrogens (tertiary/aromatic N) is 2. The second-order valence-electron chi connectivity index (χ2n) is 10.9. The number of carbonyl (C=O) groups excluding carboxylic acids is 2. The third-order valence-corrected chi connectivity index (χ3v) is 7.69. The van der Waals surface area contributed by atoms with E-state index in [9.17, 15) is 24.1 Å². The van der Waals surface area contributed by atoms with Crippen LogP contribution in [0.2, 0.25) is 0 Å². The molecule has 2 aromatic rings. The van der Waals surface area contributed by atoms with Crippen LogP contribution in [0.3, 0.4) is 0 Å². The minimum atomic E-state index is -4.84. The van der Waals surface area contributed by atoms with E-state index in [1.54, 1.807) is 83.1 Å². The molecule has 3 atom stereocenters. The van der Waals surface area contributed by atoms with E-state index < -0.39 is 62.4 Å². The molecule has 0 radical (unpaired) electrons. The lowest BCUT2D eigenvalue weighted by atomic mass is 10.1. The van der Waals surface area contributed by atoms with Crippen LogP contribution in [0.25, 0.3) is 0 Å². The van der Waals surface area contributed by atoms with E-state index in [0.717, 1.165) is 4.90 Å². The molecule has 2 aromatic carbocycles. The van der Waals surface area contributed by atoms with E-state index in [-0.39, 0.29) is 19.6 Å². The Morgan fingerprint density at radius 3 is 1.59 bits per heavy atom. The number of carbonyl (C=O) groups is 3. The first-order valence-corrected chi connectivity index (χ1v) is 16.3. The molecule has 0 amide bonds. The molecule has 3 N–H and O–H groups in total. The summed E-state index contributed by atoms with van der Waals surface area (Å²) in [5.41, 5.74) is 7.52. The van der Waals surface area contributed by atoms with Gasteiger partial charge in [-0.05, 0) is 17.5 Å². The highest BCUT2D eigenvalue weighted by atomic mass is 31.2. The fraction of sp³-hybridized carbons (Fsp3) is 0.484. The van der Waals surface area contributed by atoms with Crippen LogP contribution in [0.4, 0.5) is 9.59 Å². The molecule has 0 aliphatic rings. The Kier molecular flexibility index (Phi) is 15.5. The monoisotopic (exact) mass is 665 g/mol. The van der Waals surface area contributed by atoms with Crippen LogP contribution < -0.4 is 5.73 Å². The Morgan fingerprint density at radius 2 is 1.24 bits per heavy atom. The summed E-state index contributed by atoms with van der Waals surface area (Å²) in [6, 6.07) is 16.6. The third kappa shape index (κ3) is 13.1. The minimum Gasteiger partial charge on any atom is -0.480 e. The minimum absolute atomic E-state index is 0.100. The van der Waals surface area contributed by atoms with Gasteiger partial charge in [-0.1, -0.05) is 102 Å². The lowest BCUT2D eigenvalue weighted by Crippen LogP contribution is -2.46. The van der Waals surface area contributed by atoms with E-state index >= 15 is 0 Å². The van der Waals surface area contributed by atoms with Crippen LogP contribution in [0.15, 0.2) is 65.4 Å². The Labute approximate surface area is 269 Å². The van der Waals surface area contributed by atoms with E-state index in [4.69, 9.17) is 33.7 Å². The van der Waals surface area contributed by atoms with E-state index in [1.165, 1.54) is 7.05 Å². The lowest BCUT2D eigenvalue weighted by Gasteiger charge is -2.30. The van der Waals surface area contributed by atoms with Gasteiger partial charge in [0.05, 0.1) is 0 Å². The molecule has 46 heavy (non-hydrogen) atoms. The number of aliphatic carboxylic acids is 1. The molecule has 0 aliphatic heterocycles. The van der Waals surface area contributed by atoms with Gasteiger partial charge >= 0.3 is 26.0 Å². The van der Waals surface area contributed by atoms with Crippen molar-refractivity contribution in [1.82, 2.24) is 4.90 Å². The first-order valence-electron chi connectivity index (χ1n) is 14.8. The van der Waals surface area contributed by atoms with Crippen LogP contribution in [0, 0.1) is 11.8 Å². The van der Waals surface area contributed by atoms with Crippen molar-refractivity contribution in [3.8, 4) is 0 Å². The number of ether oxygens (including phenoxy) is 4. The number of nitrogens with two attached hydrogens (primary N) is 1. The largest absolute Gasteiger partial charge is 0.510 e. The molecular weight excluding hydrogens is 621 g/mol. The highest BCUT2D eigenvalue weighted by Gasteiger charge is 2.39. The van der Waals surface area contributed by atoms with Gasteiger partial charge in [0.25, 0.3) is 0 Å². The molecule has 2 rings (SSSR count). The van der Waals surface area contributed by atoms with Gasteiger partial charge in [0.2, 0.25) is 18.5 Å². The van der Waals surface area contributed by atoms with E-state index in [0.29, 0.717) is 17.5 Å². The molecular formula is C31H44N3O11P. The maximum absolute atomic E-state index is 14.3. The van der Waals surface area contributed by atoms with Gasteiger partial charge in [-0.3, -0.25) is 0 Å². The molecule has 0 fully saturated rings. The number of likely N-dealkylation sites (N-methyl/N-ethyl adjacent to an activating group) is 1. The maximum atomic E-state index is 14.3. The molecule has 0 saturated heterocycles. The average Bonchev–Trinajstić information content (AvgIpc) is 3.01. The smallest absolute Gasteiger partial charge is 0.480 e. The first-order chi connectivity index (χ1) is 21.7. The standard InChI is InChI=1S/C31H44N3O11P/c1-7-14-25(26(35)36)34(6)29(32)33-46(39,44-27(21(2)3)42-30(37)40-19-23-15-10-8-11-16-23)45-28(22(4)5)43-31(38)41-20-24-17-12-9-13-18-24/h8-13,15-18,21-22,25,27-28H,7,14,19-20H2,1-6H3,(H,35,36)(H2,32,33,39). The van der Waals surface area contributed by atoms with Crippen LogP contribution in [0.1, 0.15) is 58.6 Å². The Morgan fingerprint density at radius 1 is 0.826 bits per heavy atom. The van der Waals surface area contributed by atoms with Gasteiger partial charge in [0.1, 0.15) is 19.3 Å². The van der Waals surface area contributed by atoms with Crippen LogP contribution in [-0.2, 0) is 50.6 Å².